The van der Waals surface area contributed by atoms with E-state index in [0.29, 0.717) is 4.90 Å². The highest BCUT2D eigenvalue weighted by Crippen LogP contribution is 2.39. The second kappa shape index (κ2) is 16.4. The monoisotopic (exact) mass is 804 g/mol. The number of aliphatic carboxylic acids is 1. The number of carbonyl (C=O) groups excluding carboxylic acids is 6. The summed E-state index contributed by atoms with van der Waals surface area (Å²) < 4.78 is 16.1. The number of carboxylic acids is 1. The summed E-state index contributed by atoms with van der Waals surface area (Å²) in [4.78, 5) is 90.9. The van der Waals surface area contributed by atoms with Crippen LogP contribution in [0.15, 0.2) is 15.7 Å². The van der Waals surface area contributed by atoms with E-state index in [0.717, 1.165) is 16.1 Å². The van der Waals surface area contributed by atoms with Crippen molar-refractivity contribution in [3.05, 3.63) is 22.5 Å². The first-order valence-electron chi connectivity index (χ1n) is 17.1. The van der Waals surface area contributed by atoms with Gasteiger partial charge in [0.15, 0.2) is 23.0 Å². The predicted octanol–water partition coefficient (Wildman–Crippen LogP) is 1.49. The third-order valence-electron chi connectivity index (χ3n) is 7.25. The number of β-lactam (4-membered cyclic amide) rings is 1. The third kappa shape index (κ3) is 11.7. The molecule has 2 atom stereocenters. The molecule has 5 amide bonds. The van der Waals surface area contributed by atoms with Gasteiger partial charge in [0.1, 0.15) is 50.6 Å². The fourth-order valence-electron chi connectivity index (χ4n) is 4.59. The molecule has 0 radical (unpaired) electrons. The molecule has 1 aliphatic heterocycles. The number of amides is 5. The van der Waals surface area contributed by atoms with Gasteiger partial charge in [0.25, 0.3) is 5.91 Å². The van der Waals surface area contributed by atoms with Crippen LogP contribution in [-0.4, -0.2) is 101 Å². The van der Waals surface area contributed by atoms with Crippen LogP contribution in [0.3, 0.4) is 0 Å². The van der Waals surface area contributed by atoms with Gasteiger partial charge in [-0.3, -0.25) is 14.9 Å². The maximum atomic E-state index is 13.7. The Kier molecular flexibility index (Phi) is 12.5. The van der Waals surface area contributed by atoms with E-state index in [1.165, 1.54) is 5.38 Å². The van der Waals surface area contributed by atoms with Crippen LogP contribution in [0, 0.1) is 5.53 Å². The van der Waals surface area contributed by atoms with Gasteiger partial charge in [-0.25, -0.2) is 24.3 Å². The number of imide groups is 1. The lowest BCUT2D eigenvalue weighted by atomic mass is 9.98. The van der Waals surface area contributed by atoms with Crippen LogP contribution in [0.4, 0.5) is 19.5 Å². The summed E-state index contributed by atoms with van der Waals surface area (Å²) in [5, 5.41) is 36.8. The average Bonchev–Trinajstić information content (AvgIpc) is 3.55. The topological polar surface area (TPSA) is 308 Å². The Morgan fingerprint density at radius 3 is 2.12 bits per heavy atom. The largest absolute Gasteiger partial charge is 0.546 e. The number of nitrogens with zero attached hydrogens (tertiary/aromatic N) is 8. The Bertz CT molecular complexity index is 1920. The molecule has 4 N–H and O–H groups in total. The van der Waals surface area contributed by atoms with Crippen LogP contribution < -0.4 is 26.0 Å². The van der Waals surface area contributed by atoms with Crippen LogP contribution >= 0.6 is 11.3 Å². The van der Waals surface area contributed by atoms with Gasteiger partial charge in [0.2, 0.25) is 10.8 Å². The quantitative estimate of drug-likeness (QED) is 0.0557. The van der Waals surface area contributed by atoms with E-state index >= 15 is 0 Å². The van der Waals surface area contributed by atoms with Crippen molar-refractivity contribution in [3.63, 3.8) is 0 Å². The lowest BCUT2D eigenvalue weighted by molar-refractivity contribution is -0.319. The molecule has 1 saturated carbocycles. The smallest absolute Gasteiger partial charge is 0.420 e. The summed E-state index contributed by atoms with van der Waals surface area (Å²) >= 11 is 0.913. The molecule has 2 fully saturated rings. The van der Waals surface area contributed by atoms with Crippen molar-refractivity contribution in [1.29, 1.82) is 5.53 Å². The summed E-state index contributed by atoms with van der Waals surface area (Å²) in [7, 11) is 0. The first-order chi connectivity index (χ1) is 25.9. The van der Waals surface area contributed by atoms with Gasteiger partial charge >= 0.3 is 18.3 Å². The van der Waals surface area contributed by atoms with Gasteiger partial charge in [-0.15, -0.1) is 11.3 Å². The summed E-state index contributed by atoms with van der Waals surface area (Å²) in [6.45, 7) is 13.8. The van der Waals surface area contributed by atoms with E-state index in [-0.39, 0.29) is 48.1 Å². The summed E-state index contributed by atoms with van der Waals surface area (Å²) in [5.74, 6) is -3.10. The summed E-state index contributed by atoms with van der Waals surface area (Å²) in [6, 6.07) is -2.03. The van der Waals surface area contributed by atoms with Gasteiger partial charge in [-0.2, -0.15) is 15.0 Å². The maximum Gasteiger partial charge on any atom is 0.420 e. The number of oxime groups is 1. The molecule has 0 unspecified atom stereocenters. The van der Waals surface area contributed by atoms with E-state index in [9.17, 15) is 33.9 Å². The van der Waals surface area contributed by atoms with E-state index in [4.69, 9.17) is 24.6 Å². The lowest BCUT2D eigenvalue weighted by Crippen LogP contribution is -2.70. The molecule has 23 nitrogen and oxygen atoms in total. The lowest BCUT2D eigenvalue weighted by Gasteiger charge is -2.36. The van der Waals surface area contributed by atoms with Gasteiger partial charge in [0, 0.05) is 5.38 Å². The van der Waals surface area contributed by atoms with E-state index in [2.05, 4.69) is 46.3 Å². The molecule has 0 bridgehead atoms. The number of hydrogen-bond acceptors (Lipinski definition) is 18. The zero-order valence-electron chi connectivity index (χ0n) is 32.2. The second-order valence-corrected chi connectivity index (χ2v) is 16.5. The molecule has 3 heterocycles. The number of nitrogens with one attached hydrogen (secondary N) is 4. The Morgan fingerprint density at radius 2 is 1.61 bits per heavy atom. The highest BCUT2D eigenvalue weighted by atomic mass is 32.1. The second-order valence-electron chi connectivity index (χ2n) is 15.6. The molecule has 4 rings (SSSR count). The molecular weight excluding hydrogens is 760 g/mol. The molecule has 24 heteroatoms. The Morgan fingerprint density at radius 1 is 1.02 bits per heavy atom. The summed E-state index contributed by atoms with van der Waals surface area (Å²) in [6.07, 6.45) is -2.69. The van der Waals surface area contributed by atoms with Crippen LogP contribution in [0.2, 0.25) is 0 Å². The first kappa shape index (κ1) is 42.7. The minimum atomic E-state index is -1.74. The van der Waals surface area contributed by atoms with Gasteiger partial charge < -0.3 is 39.6 Å². The molecule has 56 heavy (non-hydrogen) atoms. The van der Waals surface area contributed by atoms with E-state index in [1.807, 2.05) is 0 Å². The Labute approximate surface area is 324 Å². The van der Waals surface area contributed by atoms with Gasteiger partial charge in [-0.05, 0) is 75.2 Å². The Balaban J connectivity index is 1.56. The highest BCUT2D eigenvalue weighted by molar-refractivity contribution is 7.14. The normalized spacial score (nSPS) is 17.6. The van der Waals surface area contributed by atoms with Crippen molar-refractivity contribution in [3.8, 4) is 0 Å². The molecule has 0 aromatic carbocycles. The van der Waals surface area contributed by atoms with Gasteiger partial charge in [0.05, 0.1) is 25.1 Å². The number of thiazole rings is 1. The fourth-order valence-corrected chi connectivity index (χ4v) is 5.27. The number of hydrogen-bond donors (Lipinski definition) is 4. The molecular formula is C32H44N12O11S. The predicted molar refractivity (Wildman–Crippen MR) is 189 cm³/mol. The van der Waals surface area contributed by atoms with E-state index in [1.54, 1.807) is 62.3 Å². The number of rotatable bonds is 13. The number of aromatic nitrogens is 4. The van der Waals surface area contributed by atoms with Gasteiger partial charge in [-0.1, -0.05) is 5.16 Å². The molecule has 304 valence electrons. The maximum absolute atomic E-state index is 13.7. The van der Waals surface area contributed by atoms with Crippen molar-refractivity contribution in [2.75, 3.05) is 5.32 Å². The molecule has 1 saturated heterocycles. The molecule has 2 aromatic rings. The van der Waals surface area contributed by atoms with Crippen LogP contribution in [-0.2, 0) is 53.1 Å². The van der Waals surface area contributed by atoms with Crippen molar-refractivity contribution in [1.82, 2.24) is 40.4 Å². The fraction of sp³-hybridized carbons (Fsp3) is 0.625. The Hall–Kier alpha value is -6.03. The van der Waals surface area contributed by atoms with Crippen molar-refractivity contribution in [2.45, 2.75) is 129 Å². The third-order valence-corrected chi connectivity index (χ3v) is 8.01. The number of carbonyl (C=O) groups is 6. The van der Waals surface area contributed by atoms with Crippen LogP contribution in [0.5, 0.6) is 0 Å². The minimum absolute atomic E-state index is 0.0215. The molecule has 2 aromatic heterocycles. The van der Waals surface area contributed by atoms with Crippen molar-refractivity contribution in [2.24, 2.45) is 10.3 Å². The van der Waals surface area contributed by atoms with Crippen molar-refractivity contribution < 1.29 is 52.9 Å². The van der Waals surface area contributed by atoms with Crippen LogP contribution in [0.25, 0.3) is 0 Å². The standard InChI is InChI=1S/C32H44N12O11S/c1-29(2,3)52-26(49)38-25-36-19(15-56-25)21(41-55-32(10-11-32)24(47)48)23(46)37-20-18(35-22(20)45)14-44-39-16(12-34-42-33)17(40-44)13-43(27(50)53-30(4,5)6)28(51)54-31(7,8)9/h15,18,20,33H,10-14H2,1-9H3,(H3-,35,36,37,38,45,46,47,48,49)/t18-,20+/m1/s1. The molecule has 2 aliphatic rings. The molecule has 0 spiro atoms. The average molecular weight is 805 g/mol. The minimum Gasteiger partial charge on any atom is -0.546 e. The molecule has 1 aliphatic carbocycles. The zero-order chi connectivity index (χ0) is 41.8. The highest BCUT2D eigenvalue weighted by Gasteiger charge is 2.49. The number of anilines is 1. The van der Waals surface area contributed by atoms with Crippen molar-refractivity contribution >= 4 is 58.2 Å². The van der Waals surface area contributed by atoms with E-state index < -0.39 is 82.8 Å². The number of carboxylic acid groups (broad SMARTS) is 1. The SMILES string of the molecule is CC(C)(C)OC(=O)Nc1nc(C(=NOC2(C(=O)[O-])CC2)C(=O)N[C@@H]2C(=O)N[C@@H]2Cn2nc(CN=[N+]=N)c(CN(C(=O)OC(C)(C)C)C(=O)OC(C)(C)C)n2)cs1. The first-order valence-corrected chi connectivity index (χ1v) is 18.0. The number of ether oxygens (including phenoxy) is 3. The van der Waals surface area contributed by atoms with Crippen LogP contribution in [0.1, 0.15) is 92.2 Å². The zero-order valence-corrected chi connectivity index (χ0v) is 33.1. The summed E-state index contributed by atoms with van der Waals surface area (Å²) in [5.41, 5.74) is 2.17.